The van der Waals surface area contributed by atoms with Gasteiger partial charge in [0.25, 0.3) is 0 Å². The molecule has 0 spiro atoms. The number of ether oxygens (including phenoxy) is 2. The van der Waals surface area contributed by atoms with E-state index in [1.165, 1.54) is 11.1 Å². The van der Waals surface area contributed by atoms with Gasteiger partial charge in [0.05, 0.1) is 7.11 Å². The molecule has 1 aliphatic heterocycles. The normalized spacial score (nSPS) is 15.2. The number of hydrogen-bond acceptors (Lipinski definition) is 3. The quantitative estimate of drug-likeness (QED) is 0.919. The van der Waals surface area contributed by atoms with Gasteiger partial charge in [0.2, 0.25) is 0 Å². The molecule has 3 nitrogen and oxygen atoms in total. The van der Waals surface area contributed by atoms with E-state index in [2.05, 4.69) is 37.4 Å². The molecule has 110 valence electrons. The van der Waals surface area contributed by atoms with Crippen molar-refractivity contribution in [1.82, 2.24) is 0 Å². The Morgan fingerprint density at radius 2 is 2.05 bits per heavy atom. The molecule has 0 saturated heterocycles. The monoisotopic (exact) mass is 283 g/mol. The van der Waals surface area contributed by atoms with Crippen LogP contribution in [-0.4, -0.2) is 12.7 Å². The summed E-state index contributed by atoms with van der Waals surface area (Å²) >= 11 is 0. The molecule has 0 aliphatic carbocycles. The first-order valence-corrected chi connectivity index (χ1v) is 7.24. The Hall–Kier alpha value is -2.16. The Kier molecular flexibility index (Phi) is 3.50. The van der Waals surface area contributed by atoms with E-state index in [1.807, 2.05) is 24.3 Å². The second kappa shape index (κ2) is 5.32. The van der Waals surface area contributed by atoms with E-state index < -0.39 is 0 Å². The molecule has 1 N–H and O–H groups in total. The minimum absolute atomic E-state index is 0.0822. The zero-order valence-electron chi connectivity index (χ0n) is 12.8. The van der Waals surface area contributed by atoms with Crippen molar-refractivity contribution in [3.63, 3.8) is 0 Å². The molecule has 0 atom stereocenters. The van der Waals surface area contributed by atoms with E-state index in [4.69, 9.17) is 9.47 Å². The average Bonchev–Trinajstić information content (AvgIpc) is 2.78. The summed E-state index contributed by atoms with van der Waals surface area (Å²) in [6, 6.07) is 14.4. The van der Waals surface area contributed by atoms with Crippen molar-refractivity contribution in [2.24, 2.45) is 0 Å². The molecule has 0 amide bonds. The Morgan fingerprint density at radius 3 is 2.86 bits per heavy atom. The minimum Gasteiger partial charge on any atom is -0.497 e. The topological polar surface area (TPSA) is 30.5 Å². The maximum atomic E-state index is 5.91. The lowest BCUT2D eigenvalue weighted by Gasteiger charge is -2.16. The predicted molar refractivity (Wildman–Crippen MR) is 85.2 cm³/mol. The summed E-state index contributed by atoms with van der Waals surface area (Å²) in [4.78, 5) is 0. The summed E-state index contributed by atoms with van der Waals surface area (Å²) in [5, 5.41) is 3.43. The van der Waals surface area contributed by atoms with Gasteiger partial charge in [0, 0.05) is 24.7 Å². The molecule has 1 aliphatic rings. The first-order chi connectivity index (χ1) is 10.1. The van der Waals surface area contributed by atoms with E-state index in [0.717, 1.165) is 30.2 Å². The van der Waals surface area contributed by atoms with Crippen molar-refractivity contribution < 1.29 is 9.47 Å². The number of methoxy groups -OCH3 is 1. The van der Waals surface area contributed by atoms with Crippen LogP contribution in [0.25, 0.3) is 0 Å². The van der Waals surface area contributed by atoms with E-state index in [-0.39, 0.29) is 5.60 Å². The number of fused-ring (bicyclic) bond motifs is 1. The number of benzene rings is 2. The molecule has 0 aromatic heterocycles. The highest BCUT2D eigenvalue weighted by molar-refractivity contribution is 5.49. The zero-order valence-corrected chi connectivity index (χ0v) is 12.8. The molecule has 2 aromatic carbocycles. The number of nitrogens with one attached hydrogen (secondary N) is 1. The maximum absolute atomic E-state index is 5.91. The number of hydrogen-bond donors (Lipinski definition) is 1. The molecule has 0 saturated carbocycles. The van der Waals surface area contributed by atoms with Crippen LogP contribution in [0.2, 0.25) is 0 Å². The third-order valence-electron chi connectivity index (χ3n) is 3.69. The van der Waals surface area contributed by atoms with Crippen LogP contribution < -0.4 is 14.8 Å². The third-order valence-corrected chi connectivity index (χ3v) is 3.69. The molecule has 3 heteroatoms. The van der Waals surface area contributed by atoms with Gasteiger partial charge >= 0.3 is 0 Å². The van der Waals surface area contributed by atoms with E-state index in [9.17, 15) is 0 Å². The molecular weight excluding hydrogens is 262 g/mol. The van der Waals surface area contributed by atoms with Gasteiger partial charge < -0.3 is 14.8 Å². The second-order valence-corrected chi connectivity index (χ2v) is 6.07. The molecule has 0 bridgehead atoms. The molecule has 0 unspecified atom stereocenters. The van der Waals surface area contributed by atoms with Crippen molar-refractivity contribution in [1.29, 1.82) is 0 Å². The van der Waals surface area contributed by atoms with Crippen LogP contribution in [0.5, 0.6) is 11.5 Å². The van der Waals surface area contributed by atoms with Gasteiger partial charge in [-0.25, -0.2) is 0 Å². The van der Waals surface area contributed by atoms with Crippen LogP contribution in [0.3, 0.4) is 0 Å². The Bertz CT molecular complexity index is 649. The molecule has 1 heterocycles. The van der Waals surface area contributed by atoms with Gasteiger partial charge in [-0.1, -0.05) is 18.2 Å². The van der Waals surface area contributed by atoms with E-state index in [1.54, 1.807) is 7.11 Å². The zero-order chi connectivity index (χ0) is 14.9. The highest BCUT2D eigenvalue weighted by Crippen LogP contribution is 2.35. The van der Waals surface area contributed by atoms with Crippen molar-refractivity contribution in [3.05, 3.63) is 53.6 Å². The highest BCUT2D eigenvalue weighted by atomic mass is 16.5. The summed E-state index contributed by atoms with van der Waals surface area (Å²) in [5.41, 5.74) is 3.54. The predicted octanol–water partition coefficient (Wildman–Crippen LogP) is 4.02. The van der Waals surface area contributed by atoms with E-state index >= 15 is 0 Å². The Morgan fingerprint density at radius 1 is 1.19 bits per heavy atom. The Balaban J connectivity index is 1.69. The summed E-state index contributed by atoms with van der Waals surface area (Å²) < 4.78 is 11.1. The van der Waals surface area contributed by atoms with Gasteiger partial charge in [0.1, 0.15) is 17.1 Å². The Labute approximate surface area is 125 Å². The van der Waals surface area contributed by atoms with Gasteiger partial charge in [-0.3, -0.25) is 0 Å². The fraction of sp³-hybridized carbons (Fsp3) is 0.333. The van der Waals surface area contributed by atoms with Crippen LogP contribution >= 0.6 is 0 Å². The summed E-state index contributed by atoms with van der Waals surface area (Å²) in [6.07, 6.45) is 0.968. The van der Waals surface area contributed by atoms with Crippen LogP contribution in [0.4, 0.5) is 5.69 Å². The SMILES string of the molecule is COc1cccc(NCc2ccc3c(c2)CC(C)(C)O3)c1. The highest BCUT2D eigenvalue weighted by Gasteiger charge is 2.29. The lowest BCUT2D eigenvalue weighted by atomic mass is 10.0. The van der Waals surface area contributed by atoms with Crippen LogP contribution in [-0.2, 0) is 13.0 Å². The summed E-state index contributed by atoms with van der Waals surface area (Å²) in [6.45, 7) is 5.04. The van der Waals surface area contributed by atoms with Crippen molar-refractivity contribution in [2.45, 2.75) is 32.4 Å². The first kappa shape index (κ1) is 13.8. The van der Waals surface area contributed by atoms with Gasteiger partial charge in [-0.15, -0.1) is 0 Å². The van der Waals surface area contributed by atoms with Gasteiger partial charge in [0.15, 0.2) is 0 Å². The molecular formula is C18H21NO2. The number of anilines is 1. The minimum atomic E-state index is -0.0822. The number of rotatable bonds is 4. The molecule has 2 aromatic rings. The third kappa shape index (κ3) is 3.13. The lowest BCUT2D eigenvalue weighted by Crippen LogP contribution is -2.24. The lowest BCUT2D eigenvalue weighted by molar-refractivity contribution is 0.138. The smallest absolute Gasteiger partial charge is 0.123 e. The first-order valence-electron chi connectivity index (χ1n) is 7.24. The summed E-state index contributed by atoms with van der Waals surface area (Å²) in [7, 11) is 1.68. The molecule has 0 fully saturated rings. The van der Waals surface area contributed by atoms with Crippen LogP contribution in [0.15, 0.2) is 42.5 Å². The standard InChI is InChI=1S/C18H21NO2/c1-18(2)11-14-9-13(7-8-17(14)21-18)12-19-15-5-4-6-16(10-15)20-3/h4-10,19H,11-12H2,1-3H3. The molecule has 0 radical (unpaired) electrons. The summed E-state index contributed by atoms with van der Waals surface area (Å²) in [5.74, 6) is 1.88. The largest absolute Gasteiger partial charge is 0.497 e. The fourth-order valence-corrected chi connectivity index (χ4v) is 2.71. The van der Waals surface area contributed by atoms with Gasteiger partial charge in [-0.05, 0) is 43.2 Å². The van der Waals surface area contributed by atoms with Crippen LogP contribution in [0, 0.1) is 0 Å². The second-order valence-electron chi connectivity index (χ2n) is 6.07. The fourth-order valence-electron chi connectivity index (χ4n) is 2.71. The van der Waals surface area contributed by atoms with Crippen molar-refractivity contribution in [3.8, 4) is 11.5 Å². The van der Waals surface area contributed by atoms with Crippen molar-refractivity contribution >= 4 is 5.69 Å². The molecule has 3 rings (SSSR count). The van der Waals surface area contributed by atoms with E-state index in [0.29, 0.717) is 0 Å². The molecule has 21 heavy (non-hydrogen) atoms. The van der Waals surface area contributed by atoms with Crippen LogP contribution in [0.1, 0.15) is 25.0 Å². The van der Waals surface area contributed by atoms with Gasteiger partial charge in [-0.2, -0.15) is 0 Å². The average molecular weight is 283 g/mol. The van der Waals surface area contributed by atoms with Crippen molar-refractivity contribution in [2.75, 3.05) is 12.4 Å². The maximum Gasteiger partial charge on any atom is 0.123 e.